The van der Waals surface area contributed by atoms with Crippen LogP contribution in [-0.4, -0.2) is 35.7 Å². The molecule has 0 bridgehead atoms. The van der Waals surface area contributed by atoms with Crippen molar-refractivity contribution in [2.75, 3.05) is 18.8 Å². The van der Waals surface area contributed by atoms with Crippen LogP contribution in [0.1, 0.15) is 17.2 Å². The average Bonchev–Trinajstić information content (AvgIpc) is 3.59. The van der Waals surface area contributed by atoms with E-state index in [0.717, 1.165) is 17.0 Å². The summed E-state index contributed by atoms with van der Waals surface area (Å²) in [5.74, 6) is -1.83. The summed E-state index contributed by atoms with van der Waals surface area (Å²) in [5.41, 5.74) is 1.52. The lowest BCUT2D eigenvalue weighted by Crippen LogP contribution is -2.29. The third-order valence-corrected chi connectivity index (χ3v) is 6.41. The number of nitrogens with one attached hydrogen (secondary N) is 1. The van der Waals surface area contributed by atoms with Crippen molar-refractivity contribution in [1.29, 1.82) is 0 Å². The Morgan fingerprint density at radius 1 is 1.08 bits per heavy atom. The van der Waals surface area contributed by atoms with E-state index in [2.05, 4.69) is 4.98 Å². The van der Waals surface area contributed by atoms with E-state index in [-0.39, 0.29) is 23.7 Å². The minimum Gasteiger partial charge on any atom is -0.507 e. The number of aliphatic hydroxyl groups excluding tert-OH is 1. The van der Waals surface area contributed by atoms with Gasteiger partial charge in [-0.1, -0.05) is 18.2 Å². The quantitative estimate of drug-likeness (QED) is 0.247. The van der Waals surface area contributed by atoms with E-state index in [0.29, 0.717) is 22.7 Å². The Labute approximate surface area is 204 Å². The van der Waals surface area contributed by atoms with Crippen molar-refractivity contribution in [3.05, 3.63) is 89.4 Å². The Morgan fingerprint density at radius 3 is 2.72 bits per heavy atom. The smallest absolute Gasteiger partial charge is 0.300 e. The van der Waals surface area contributed by atoms with Crippen molar-refractivity contribution in [1.82, 2.24) is 4.98 Å². The number of aliphatic hydroxyl groups is 1. The van der Waals surface area contributed by atoms with Crippen molar-refractivity contribution in [2.24, 2.45) is 0 Å². The van der Waals surface area contributed by atoms with Gasteiger partial charge in [0.05, 0.1) is 24.3 Å². The predicted molar refractivity (Wildman–Crippen MR) is 129 cm³/mol. The van der Waals surface area contributed by atoms with Crippen LogP contribution in [0.2, 0.25) is 0 Å². The van der Waals surface area contributed by atoms with E-state index in [1.165, 1.54) is 24.1 Å². The highest BCUT2D eigenvalue weighted by Crippen LogP contribution is 2.47. The van der Waals surface area contributed by atoms with Crippen molar-refractivity contribution in [3.63, 3.8) is 0 Å². The van der Waals surface area contributed by atoms with Gasteiger partial charge in [-0.25, -0.2) is 4.39 Å². The number of hydrogen-bond acceptors (Lipinski definition) is 6. The molecule has 1 atom stereocenters. The Morgan fingerprint density at radius 2 is 1.89 bits per heavy atom. The molecule has 3 aromatic carbocycles. The molecule has 3 heterocycles. The van der Waals surface area contributed by atoms with Crippen molar-refractivity contribution in [2.45, 2.75) is 6.04 Å². The van der Waals surface area contributed by atoms with Crippen LogP contribution in [0.25, 0.3) is 16.7 Å². The van der Waals surface area contributed by atoms with Crippen LogP contribution in [0, 0.1) is 5.82 Å². The minimum absolute atomic E-state index is 0.0361. The van der Waals surface area contributed by atoms with E-state index >= 15 is 0 Å². The molecule has 1 aromatic heterocycles. The summed E-state index contributed by atoms with van der Waals surface area (Å²) in [5, 5.41) is 12.1. The summed E-state index contributed by atoms with van der Waals surface area (Å²) in [4.78, 5) is 31.4. The largest absolute Gasteiger partial charge is 0.507 e. The first kappa shape index (κ1) is 21.7. The number of aromatic amines is 1. The lowest BCUT2D eigenvalue weighted by molar-refractivity contribution is -0.132. The second-order valence-electron chi connectivity index (χ2n) is 8.34. The topological polar surface area (TPSA) is 101 Å². The molecule has 1 saturated heterocycles. The molecule has 2 aliphatic rings. The number of aromatic nitrogens is 1. The van der Waals surface area contributed by atoms with Gasteiger partial charge in [0.25, 0.3) is 11.7 Å². The van der Waals surface area contributed by atoms with Crippen molar-refractivity contribution >= 4 is 34.0 Å². The van der Waals surface area contributed by atoms with E-state index in [9.17, 15) is 19.1 Å². The van der Waals surface area contributed by atoms with Crippen LogP contribution in [0.4, 0.5) is 10.1 Å². The molecule has 8 nitrogen and oxygen atoms in total. The van der Waals surface area contributed by atoms with E-state index in [4.69, 9.17) is 14.2 Å². The molecular formula is C27H19FN2O6. The van der Waals surface area contributed by atoms with E-state index < -0.39 is 29.3 Å². The standard InChI is InChI=1S/C27H19FN2O6/c1-34-20-8-6-14(28)10-17(20)25(31)23-24(18-12-29-19-5-3-2-4-16(18)19)30(27(33)26(23)32)15-7-9-21-22(11-15)36-13-35-21/h2-12,24,29,31H,13H2,1H3/b25-23+. The van der Waals surface area contributed by atoms with Gasteiger partial charge in [0.1, 0.15) is 17.3 Å². The number of ketones is 1. The van der Waals surface area contributed by atoms with Gasteiger partial charge in [-0.2, -0.15) is 0 Å². The number of anilines is 1. The highest BCUT2D eigenvalue weighted by molar-refractivity contribution is 6.52. The SMILES string of the molecule is COc1ccc(F)cc1/C(O)=C1\C(=O)C(=O)N(c2ccc3c(c2)OCO3)C1c1c[nH]c2ccccc12. The maximum absolute atomic E-state index is 14.2. The number of carbonyl (C=O) groups is 2. The highest BCUT2D eigenvalue weighted by Gasteiger charge is 2.48. The first-order chi connectivity index (χ1) is 17.5. The fraction of sp³-hybridized carbons (Fsp3) is 0.111. The number of para-hydroxylation sites is 1. The Balaban J connectivity index is 1.62. The molecular weight excluding hydrogens is 467 g/mol. The first-order valence-corrected chi connectivity index (χ1v) is 11.1. The van der Waals surface area contributed by atoms with Crippen molar-refractivity contribution < 1.29 is 33.3 Å². The number of fused-ring (bicyclic) bond motifs is 2. The van der Waals surface area contributed by atoms with Crippen LogP contribution in [0.15, 0.2) is 72.4 Å². The number of amides is 1. The maximum atomic E-state index is 14.2. The zero-order valence-corrected chi connectivity index (χ0v) is 18.9. The lowest BCUT2D eigenvalue weighted by atomic mass is 9.94. The van der Waals surface area contributed by atoms with Gasteiger partial charge in [-0.05, 0) is 36.4 Å². The van der Waals surface area contributed by atoms with Crippen LogP contribution in [-0.2, 0) is 9.59 Å². The third-order valence-electron chi connectivity index (χ3n) is 6.41. The first-order valence-electron chi connectivity index (χ1n) is 11.1. The number of H-pyrrole nitrogens is 1. The van der Waals surface area contributed by atoms with E-state index in [1.54, 1.807) is 24.4 Å². The number of nitrogens with zero attached hydrogens (tertiary/aromatic N) is 1. The van der Waals surface area contributed by atoms with Crippen LogP contribution in [0.5, 0.6) is 17.2 Å². The number of carbonyl (C=O) groups excluding carboxylic acids is 2. The molecule has 0 spiro atoms. The molecule has 2 N–H and O–H groups in total. The number of methoxy groups -OCH3 is 1. The molecule has 4 aromatic rings. The number of Topliss-reactive ketones (excluding diaryl/α,β-unsaturated/α-hetero) is 1. The number of hydrogen-bond donors (Lipinski definition) is 2. The molecule has 1 amide bonds. The molecule has 1 fully saturated rings. The van der Waals surface area contributed by atoms with Gasteiger partial charge in [0, 0.05) is 34.4 Å². The number of rotatable bonds is 4. The molecule has 1 unspecified atom stereocenters. The predicted octanol–water partition coefficient (Wildman–Crippen LogP) is 4.67. The molecule has 180 valence electrons. The molecule has 9 heteroatoms. The van der Waals surface area contributed by atoms with Crippen LogP contribution in [0.3, 0.4) is 0 Å². The Kier molecular flexibility index (Phi) is 4.92. The van der Waals surface area contributed by atoms with Gasteiger partial charge in [-0.3, -0.25) is 14.5 Å². The summed E-state index contributed by atoms with van der Waals surface area (Å²) in [6.07, 6.45) is 1.69. The Hall–Kier alpha value is -4.79. The van der Waals surface area contributed by atoms with Crippen LogP contribution < -0.4 is 19.1 Å². The number of benzene rings is 3. The summed E-state index contributed by atoms with van der Waals surface area (Å²) in [6, 6.07) is 14.9. The fourth-order valence-electron chi connectivity index (χ4n) is 4.76. The molecule has 0 radical (unpaired) electrons. The zero-order valence-electron chi connectivity index (χ0n) is 18.9. The minimum atomic E-state index is -1.02. The summed E-state index contributed by atoms with van der Waals surface area (Å²) < 4.78 is 30.3. The fourth-order valence-corrected chi connectivity index (χ4v) is 4.76. The Bertz CT molecular complexity index is 1590. The summed E-state index contributed by atoms with van der Waals surface area (Å²) >= 11 is 0. The second-order valence-corrected chi connectivity index (χ2v) is 8.34. The average molecular weight is 486 g/mol. The maximum Gasteiger partial charge on any atom is 0.300 e. The lowest BCUT2D eigenvalue weighted by Gasteiger charge is -2.25. The summed E-state index contributed by atoms with van der Waals surface area (Å²) in [6.45, 7) is 0.0445. The monoisotopic (exact) mass is 486 g/mol. The number of ether oxygens (including phenoxy) is 3. The zero-order chi connectivity index (χ0) is 25.0. The van der Waals surface area contributed by atoms with Crippen LogP contribution >= 0.6 is 0 Å². The van der Waals surface area contributed by atoms with Gasteiger partial charge in [-0.15, -0.1) is 0 Å². The second kappa shape index (κ2) is 8.16. The third kappa shape index (κ3) is 3.20. The van der Waals surface area contributed by atoms with Gasteiger partial charge in [0.2, 0.25) is 6.79 Å². The molecule has 0 aliphatic carbocycles. The van der Waals surface area contributed by atoms with Gasteiger partial charge in [0.15, 0.2) is 11.5 Å². The normalized spacial score (nSPS) is 18.3. The number of halogens is 1. The molecule has 36 heavy (non-hydrogen) atoms. The van der Waals surface area contributed by atoms with Gasteiger partial charge < -0.3 is 24.3 Å². The summed E-state index contributed by atoms with van der Waals surface area (Å²) in [7, 11) is 1.37. The van der Waals surface area contributed by atoms with Gasteiger partial charge >= 0.3 is 0 Å². The molecule has 2 aliphatic heterocycles. The van der Waals surface area contributed by atoms with E-state index in [1.807, 2.05) is 24.3 Å². The molecule has 0 saturated carbocycles. The highest BCUT2D eigenvalue weighted by atomic mass is 19.1. The van der Waals surface area contributed by atoms with Crippen molar-refractivity contribution in [3.8, 4) is 17.2 Å². The molecule has 6 rings (SSSR count).